The molecule has 21 heavy (non-hydrogen) atoms. The zero-order valence-corrected chi connectivity index (χ0v) is 10.9. The van der Waals surface area contributed by atoms with Crippen LogP contribution in [-0.2, 0) is 0 Å². The number of aromatic nitrogens is 2. The third kappa shape index (κ3) is 2.69. The van der Waals surface area contributed by atoms with Crippen LogP contribution in [0.2, 0.25) is 0 Å². The van der Waals surface area contributed by atoms with Gasteiger partial charge >= 0.3 is 0 Å². The van der Waals surface area contributed by atoms with Crippen LogP contribution in [0.3, 0.4) is 0 Å². The van der Waals surface area contributed by atoms with Crippen molar-refractivity contribution in [2.75, 3.05) is 13.1 Å². The summed E-state index contributed by atoms with van der Waals surface area (Å²) in [6.07, 6.45) is 2.93. The highest BCUT2D eigenvalue weighted by Gasteiger charge is 2.33. The lowest BCUT2D eigenvalue weighted by Crippen LogP contribution is -2.56. The number of carbonyl (C=O) groups is 1. The third-order valence-corrected chi connectivity index (χ3v) is 3.23. The Morgan fingerprint density at radius 1 is 1.38 bits per heavy atom. The first-order valence-electron chi connectivity index (χ1n) is 6.32. The van der Waals surface area contributed by atoms with E-state index in [9.17, 15) is 14.9 Å². The van der Waals surface area contributed by atoms with Crippen molar-refractivity contribution in [1.29, 1.82) is 0 Å². The summed E-state index contributed by atoms with van der Waals surface area (Å²) in [5.41, 5.74) is 0.538. The second kappa shape index (κ2) is 5.23. The van der Waals surface area contributed by atoms with E-state index in [4.69, 9.17) is 4.74 Å². The number of hydrogen-bond acceptors (Lipinski definition) is 5. The van der Waals surface area contributed by atoms with E-state index in [1.54, 1.807) is 23.2 Å². The molecular formula is C13H12N4O4. The molecule has 0 spiro atoms. The minimum Gasteiger partial charge on any atom is -0.487 e. The highest BCUT2D eigenvalue weighted by Crippen LogP contribution is 2.22. The van der Waals surface area contributed by atoms with Crippen molar-refractivity contribution in [1.82, 2.24) is 15.1 Å². The topological polar surface area (TPSA) is 101 Å². The number of carbonyl (C=O) groups excluding carboxylic acids is 1. The Morgan fingerprint density at radius 2 is 2.10 bits per heavy atom. The molecule has 8 heteroatoms. The number of ether oxygens (including phenoxy) is 1. The van der Waals surface area contributed by atoms with Gasteiger partial charge in [-0.3, -0.25) is 20.0 Å². The molecule has 1 aromatic heterocycles. The van der Waals surface area contributed by atoms with Crippen LogP contribution in [0.1, 0.15) is 10.4 Å². The first kappa shape index (κ1) is 13.1. The second-order valence-corrected chi connectivity index (χ2v) is 4.69. The maximum atomic E-state index is 11.9. The summed E-state index contributed by atoms with van der Waals surface area (Å²) in [7, 11) is 0. The molecule has 0 saturated carbocycles. The van der Waals surface area contributed by atoms with E-state index in [1.807, 2.05) is 0 Å². The van der Waals surface area contributed by atoms with Crippen molar-refractivity contribution in [2.45, 2.75) is 6.10 Å². The van der Waals surface area contributed by atoms with E-state index < -0.39 is 4.92 Å². The average Bonchev–Trinajstić information content (AvgIpc) is 2.96. The molecule has 1 fully saturated rings. The largest absolute Gasteiger partial charge is 0.487 e. The van der Waals surface area contributed by atoms with Gasteiger partial charge in [0.05, 0.1) is 29.8 Å². The molecule has 0 radical (unpaired) electrons. The summed E-state index contributed by atoms with van der Waals surface area (Å²) in [4.78, 5) is 23.7. The third-order valence-electron chi connectivity index (χ3n) is 3.23. The van der Waals surface area contributed by atoms with Crippen LogP contribution in [0.25, 0.3) is 0 Å². The quantitative estimate of drug-likeness (QED) is 0.673. The fourth-order valence-corrected chi connectivity index (χ4v) is 2.07. The number of nitrogens with zero attached hydrogens (tertiary/aromatic N) is 3. The fraction of sp³-hybridized carbons (Fsp3) is 0.231. The number of aromatic amines is 1. The molecule has 1 amide bonds. The zero-order valence-electron chi connectivity index (χ0n) is 10.9. The van der Waals surface area contributed by atoms with Gasteiger partial charge in [0, 0.05) is 18.3 Å². The Morgan fingerprint density at radius 3 is 2.67 bits per heavy atom. The van der Waals surface area contributed by atoms with Gasteiger partial charge in [-0.25, -0.2) is 0 Å². The molecule has 0 bridgehead atoms. The van der Waals surface area contributed by atoms with Crippen LogP contribution in [0.5, 0.6) is 5.75 Å². The van der Waals surface area contributed by atoms with E-state index in [2.05, 4.69) is 10.2 Å². The fourth-order valence-electron chi connectivity index (χ4n) is 2.07. The molecule has 108 valence electrons. The second-order valence-electron chi connectivity index (χ2n) is 4.69. The van der Waals surface area contributed by atoms with Gasteiger partial charge in [0.15, 0.2) is 0 Å². The van der Waals surface area contributed by atoms with Gasteiger partial charge in [0.2, 0.25) is 0 Å². The zero-order chi connectivity index (χ0) is 14.8. The SMILES string of the molecule is O=C(c1cn[nH]c1)N1CC(Oc2ccc([N+](=O)[O-])cc2)C1. The predicted octanol–water partition coefficient (Wildman–Crippen LogP) is 1.22. The summed E-state index contributed by atoms with van der Waals surface area (Å²) in [6.45, 7) is 0.974. The highest BCUT2D eigenvalue weighted by molar-refractivity contribution is 5.94. The summed E-state index contributed by atoms with van der Waals surface area (Å²) in [5, 5.41) is 16.9. The number of nitro groups is 1. The smallest absolute Gasteiger partial charge is 0.269 e. The Bertz CT molecular complexity index is 647. The van der Waals surface area contributed by atoms with Crippen LogP contribution in [-0.4, -0.2) is 45.1 Å². The lowest BCUT2D eigenvalue weighted by atomic mass is 10.1. The van der Waals surface area contributed by atoms with E-state index in [0.29, 0.717) is 24.4 Å². The van der Waals surface area contributed by atoms with Crippen LogP contribution >= 0.6 is 0 Å². The summed E-state index contributed by atoms with van der Waals surface area (Å²) >= 11 is 0. The molecule has 0 atom stereocenters. The highest BCUT2D eigenvalue weighted by atomic mass is 16.6. The van der Waals surface area contributed by atoms with Crippen molar-refractivity contribution in [3.63, 3.8) is 0 Å². The van der Waals surface area contributed by atoms with Gasteiger partial charge in [-0.1, -0.05) is 0 Å². The van der Waals surface area contributed by atoms with Gasteiger partial charge in [0.1, 0.15) is 11.9 Å². The van der Waals surface area contributed by atoms with Crippen molar-refractivity contribution in [2.24, 2.45) is 0 Å². The number of hydrogen-bond donors (Lipinski definition) is 1. The van der Waals surface area contributed by atoms with E-state index in [0.717, 1.165) is 0 Å². The van der Waals surface area contributed by atoms with E-state index in [1.165, 1.54) is 18.3 Å². The van der Waals surface area contributed by atoms with Crippen LogP contribution in [0, 0.1) is 10.1 Å². The monoisotopic (exact) mass is 288 g/mol. The molecule has 8 nitrogen and oxygen atoms in total. The van der Waals surface area contributed by atoms with Crippen molar-refractivity contribution < 1.29 is 14.5 Å². The number of rotatable bonds is 4. The van der Waals surface area contributed by atoms with E-state index >= 15 is 0 Å². The van der Waals surface area contributed by atoms with Gasteiger partial charge in [-0.15, -0.1) is 0 Å². The summed E-state index contributed by atoms with van der Waals surface area (Å²) in [5.74, 6) is 0.466. The molecule has 3 rings (SSSR count). The molecule has 1 saturated heterocycles. The van der Waals surface area contributed by atoms with Crippen molar-refractivity contribution >= 4 is 11.6 Å². The number of nitrogens with one attached hydrogen (secondary N) is 1. The molecule has 0 aliphatic carbocycles. The molecule has 2 heterocycles. The van der Waals surface area contributed by atoms with Gasteiger partial charge < -0.3 is 9.64 Å². The van der Waals surface area contributed by atoms with Crippen molar-refractivity contribution in [3.8, 4) is 5.75 Å². The number of likely N-dealkylation sites (tertiary alicyclic amines) is 1. The Kier molecular flexibility index (Phi) is 3.27. The Labute approximate surface area is 119 Å². The molecule has 2 aromatic rings. The minimum atomic E-state index is -0.460. The molecule has 1 N–H and O–H groups in total. The molecular weight excluding hydrogens is 276 g/mol. The van der Waals surface area contributed by atoms with Crippen molar-refractivity contribution in [3.05, 3.63) is 52.3 Å². The lowest BCUT2D eigenvalue weighted by Gasteiger charge is -2.38. The maximum Gasteiger partial charge on any atom is 0.269 e. The molecule has 1 aromatic carbocycles. The number of nitro benzene ring substituents is 1. The van der Waals surface area contributed by atoms with Gasteiger partial charge in [0.25, 0.3) is 11.6 Å². The molecule has 1 aliphatic heterocycles. The van der Waals surface area contributed by atoms with Gasteiger partial charge in [-0.05, 0) is 12.1 Å². The number of benzene rings is 1. The first-order chi connectivity index (χ1) is 10.1. The molecule has 0 unspecified atom stereocenters. The van der Waals surface area contributed by atoms with Crippen LogP contribution in [0.4, 0.5) is 5.69 Å². The minimum absolute atomic E-state index is 0.0210. The number of non-ortho nitro benzene ring substituents is 1. The number of H-pyrrole nitrogens is 1. The normalized spacial score (nSPS) is 14.6. The lowest BCUT2D eigenvalue weighted by molar-refractivity contribution is -0.384. The van der Waals surface area contributed by atoms with Gasteiger partial charge in [-0.2, -0.15) is 5.10 Å². The molecule has 1 aliphatic rings. The standard InChI is InChI=1S/C13H12N4O4/c18-13(9-5-14-15-6-9)16-7-12(8-16)21-11-3-1-10(2-4-11)17(19)20/h1-6,12H,7-8H2,(H,14,15). The Balaban J connectivity index is 1.53. The maximum absolute atomic E-state index is 11.9. The predicted molar refractivity (Wildman–Crippen MR) is 72.0 cm³/mol. The summed E-state index contributed by atoms with van der Waals surface area (Å²) < 4.78 is 5.64. The summed E-state index contributed by atoms with van der Waals surface area (Å²) in [6, 6.07) is 5.89. The first-order valence-corrected chi connectivity index (χ1v) is 6.32. The van der Waals surface area contributed by atoms with Crippen LogP contribution in [0.15, 0.2) is 36.7 Å². The Hall–Kier alpha value is -2.90. The van der Waals surface area contributed by atoms with E-state index in [-0.39, 0.29) is 17.7 Å². The number of amides is 1. The average molecular weight is 288 g/mol. The van der Waals surface area contributed by atoms with Crippen LogP contribution < -0.4 is 4.74 Å².